The summed E-state index contributed by atoms with van der Waals surface area (Å²) in [5.74, 6) is 1.53. The largest absolute Gasteiger partial charge is 0.493 e. The molecule has 0 bridgehead atoms. The molecule has 1 fully saturated rings. The number of rotatable bonds is 3. The fourth-order valence-electron chi connectivity index (χ4n) is 3.29. The first kappa shape index (κ1) is 18.1. The van der Waals surface area contributed by atoms with Crippen molar-refractivity contribution >= 4 is 21.8 Å². The van der Waals surface area contributed by atoms with Crippen LogP contribution in [0, 0.1) is 0 Å². The van der Waals surface area contributed by atoms with Crippen molar-refractivity contribution in [2.45, 2.75) is 6.10 Å². The average molecular weight is 434 g/mol. The Balaban J connectivity index is 1.56. The van der Waals surface area contributed by atoms with Gasteiger partial charge in [-0.2, -0.15) is 0 Å². The van der Waals surface area contributed by atoms with Gasteiger partial charge in [-0.1, -0.05) is 28.1 Å². The van der Waals surface area contributed by atoms with Crippen LogP contribution in [0.4, 0.5) is 0 Å². The molecule has 142 valence electrons. The molecule has 0 aromatic heterocycles. The van der Waals surface area contributed by atoms with E-state index in [0.717, 1.165) is 10.0 Å². The molecule has 4 rings (SSSR count). The van der Waals surface area contributed by atoms with Gasteiger partial charge in [-0.05, 0) is 29.8 Å². The van der Waals surface area contributed by atoms with Gasteiger partial charge in [-0.15, -0.1) is 0 Å². The molecule has 0 N–H and O–H groups in total. The van der Waals surface area contributed by atoms with E-state index >= 15 is 0 Å². The lowest BCUT2D eigenvalue weighted by molar-refractivity contribution is -0.0228. The average Bonchev–Trinajstić information content (AvgIpc) is 2.73. The maximum Gasteiger partial charge on any atom is 0.254 e. The second-order valence-electron chi connectivity index (χ2n) is 6.36. The summed E-state index contributed by atoms with van der Waals surface area (Å²) in [6, 6.07) is 11.4. The number of halogens is 1. The summed E-state index contributed by atoms with van der Waals surface area (Å²) in [7, 11) is 1.56. The SMILES string of the molecule is COc1cc(C(=O)N2CCOC(c3ccc(Br)cc3)C2)cc2c1OCCO2. The maximum absolute atomic E-state index is 13.1. The highest BCUT2D eigenvalue weighted by molar-refractivity contribution is 9.10. The molecule has 2 aromatic rings. The summed E-state index contributed by atoms with van der Waals surface area (Å²) in [5.41, 5.74) is 1.57. The third-order valence-corrected chi connectivity index (χ3v) is 5.20. The highest BCUT2D eigenvalue weighted by Crippen LogP contribution is 2.40. The van der Waals surface area contributed by atoms with E-state index in [1.807, 2.05) is 24.3 Å². The summed E-state index contributed by atoms with van der Waals surface area (Å²) >= 11 is 3.44. The van der Waals surface area contributed by atoms with Crippen LogP contribution in [0.25, 0.3) is 0 Å². The van der Waals surface area contributed by atoms with Gasteiger partial charge in [-0.25, -0.2) is 0 Å². The number of fused-ring (bicyclic) bond motifs is 1. The minimum Gasteiger partial charge on any atom is -0.493 e. The van der Waals surface area contributed by atoms with Crippen molar-refractivity contribution in [2.24, 2.45) is 0 Å². The van der Waals surface area contributed by atoms with Crippen molar-refractivity contribution in [3.8, 4) is 17.2 Å². The molecule has 27 heavy (non-hydrogen) atoms. The Bertz CT molecular complexity index is 822. The minimum absolute atomic E-state index is 0.0734. The van der Waals surface area contributed by atoms with Gasteiger partial charge in [0.2, 0.25) is 5.75 Å². The molecule has 1 amide bonds. The second kappa shape index (κ2) is 7.78. The van der Waals surface area contributed by atoms with Gasteiger partial charge in [0.25, 0.3) is 5.91 Å². The first-order chi connectivity index (χ1) is 13.2. The van der Waals surface area contributed by atoms with E-state index in [4.69, 9.17) is 18.9 Å². The predicted molar refractivity (Wildman–Crippen MR) is 103 cm³/mol. The zero-order valence-corrected chi connectivity index (χ0v) is 16.5. The van der Waals surface area contributed by atoms with Crippen LogP contribution in [-0.4, -0.2) is 50.8 Å². The Labute approximate surface area is 166 Å². The van der Waals surface area contributed by atoms with Crippen molar-refractivity contribution in [3.05, 3.63) is 52.0 Å². The van der Waals surface area contributed by atoms with E-state index in [2.05, 4.69) is 15.9 Å². The molecule has 2 aromatic carbocycles. The van der Waals surface area contributed by atoms with E-state index < -0.39 is 0 Å². The fraction of sp³-hybridized carbons (Fsp3) is 0.350. The number of amides is 1. The normalized spacial score (nSPS) is 18.9. The molecule has 1 unspecified atom stereocenters. The number of carbonyl (C=O) groups excluding carboxylic acids is 1. The molecular weight excluding hydrogens is 414 g/mol. The highest BCUT2D eigenvalue weighted by atomic mass is 79.9. The number of ether oxygens (including phenoxy) is 4. The van der Waals surface area contributed by atoms with E-state index in [-0.39, 0.29) is 12.0 Å². The van der Waals surface area contributed by atoms with Gasteiger partial charge < -0.3 is 23.8 Å². The Morgan fingerprint density at radius 3 is 2.70 bits per heavy atom. The van der Waals surface area contributed by atoms with Gasteiger partial charge in [0.05, 0.1) is 20.3 Å². The molecule has 6 nitrogen and oxygen atoms in total. The van der Waals surface area contributed by atoms with Crippen LogP contribution in [0.1, 0.15) is 22.0 Å². The summed E-state index contributed by atoms with van der Waals surface area (Å²) in [4.78, 5) is 14.9. The smallest absolute Gasteiger partial charge is 0.254 e. The molecular formula is C20H20BrNO5. The van der Waals surface area contributed by atoms with Crippen LogP contribution in [-0.2, 0) is 4.74 Å². The Hall–Kier alpha value is -2.25. The molecule has 0 spiro atoms. The lowest BCUT2D eigenvalue weighted by Crippen LogP contribution is -2.42. The Morgan fingerprint density at radius 2 is 1.93 bits per heavy atom. The predicted octanol–water partition coefficient (Wildman–Crippen LogP) is 3.44. The summed E-state index contributed by atoms with van der Waals surface area (Å²) in [6.07, 6.45) is -0.144. The van der Waals surface area contributed by atoms with Crippen LogP contribution in [0.5, 0.6) is 17.2 Å². The molecule has 2 aliphatic rings. The van der Waals surface area contributed by atoms with Crippen molar-refractivity contribution in [3.63, 3.8) is 0 Å². The third kappa shape index (κ3) is 3.75. The van der Waals surface area contributed by atoms with Crippen molar-refractivity contribution in [1.29, 1.82) is 0 Å². The maximum atomic E-state index is 13.1. The van der Waals surface area contributed by atoms with Crippen molar-refractivity contribution in [2.75, 3.05) is 40.0 Å². The number of hydrogen-bond acceptors (Lipinski definition) is 5. The van der Waals surface area contributed by atoms with Crippen molar-refractivity contribution in [1.82, 2.24) is 4.90 Å². The van der Waals surface area contributed by atoms with Gasteiger partial charge in [-0.3, -0.25) is 4.79 Å². The first-order valence-corrected chi connectivity index (χ1v) is 9.59. The molecule has 2 heterocycles. The number of hydrogen-bond donors (Lipinski definition) is 0. The van der Waals surface area contributed by atoms with Crippen LogP contribution >= 0.6 is 15.9 Å². The van der Waals surface area contributed by atoms with E-state index in [1.54, 1.807) is 24.1 Å². The lowest BCUT2D eigenvalue weighted by atomic mass is 10.1. The molecule has 1 saturated heterocycles. The zero-order valence-electron chi connectivity index (χ0n) is 14.9. The summed E-state index contributed by atoms with van der Waals surface area (Å²) in [6.45, 7) is 2.46. The molecule has 2 aliphatic heterocycles. The molecule has 0 saturated carbocycles. The third-order valence-electron chi connectivity index (χ3n) is 4.67. The highest BCUT2D eigenvalue weighted by Gasteiger charge is 2.28. The number of benzene rings is 2. The molecule has 1 atom stereocenters. The topological polar surface area (TPSA) is 57.2 Å². The molecule has 0 aliphatic carbocycles. The Kier molecular flexibility index (Phi) is 5.22. The van der Waals surface area contributed by atoms with Crippen LogP contribution in [0.2, 0.25) is 0 Å². The number of morpholine rings is 1. The minimum atomic E-state index is -0.144. The van der Waals surface area contributed by atoms with Crippen LogP contribution in [0.15, 0.2) is 40.9 Å². The van der Waals surface area contributed by atoms with E-state index in [0.29, 0.717) is 55.7 Å². The van der Waals surface area contributed by atoms with Gasteiger partial charge in [0, 0.05) is 16.6 Å². The fourth-order valence-corrected chi connectivity index (χ4v) is 3.56. The van der Waals surface area contributed by atoms with E-state index in [9.17, 15) is 4.79 Å². The second-order valence-corrected chi connectivity index (χ2v) is 7.28. The molecule has 0 radical (unpaired) electrons. The first-order valence-electron chi connectivity index (χ1n) is 8.79. The Morgan fingerprint density at radius 1 is 1.15 bits per heavy atom. The lowest BCUT2D eigenvalue weighted by Gasteiger charge is -2.33. The monoisotopic (exact) mass is 433 g/mol. The number of methoxy groups -OCH3 is 1. The zero-order chi connectivity index (χ0) is 18.8. The van der Waals surface area contributed by atoms with Gasteiger partial charge in [0.15, 0.2) is 11.5 Å². The molecule has 7 heteroatoms. The number of nitrogens with zero attached hydrogens (tertiary/aromatic N) is 1. The number of carbonyl (C=O) groups is 1. The van der Waals surface area contributed by atoms with Crippen molar-refractivity contribution < 1.29 is 23.7 Å². The summed E-state index contributed by atoms with van der Waals surface area (Å²) < 4.78 is 23.5. The van der Waals surface area contributed by atoms with Gasteiger partial charge >= 0.3 is 0 Å². The van der Waals surface area contributed by atoms with Gasteiger partial charge in [0.1, 0.15) is 19.3 Å². The summed E-state index contributed by atoms with van der Waals surface area (Å²) in [5, 5.41) is 0. The standard InChI is InChI=1S/C20H20BrNO5/c1-24-16-10-14(11-17-19(16)27-9-8-26-17)20(23)22-6-7-25-18(12-22)13-2-4-15(21)5-3-13/h2-5,10-11,18H,6-9,12H2,1H3. The quantitative estimate of drug-likeness (QED) is 0.741. The van der Waals surface area contributed by atoms with Crippen LogP contribution < -0.4 is 14.2 Å². The van der Waals surface area contributed by atoms with Crippen LogP contribution in [0.3, 0.4) is 0 Å². The van der Waals surface area contributed by atoms with E-state index in [1.165, 1.54) is 0 Å².